The minimum atomic E-state index is 0.0477. The number of amides is 1. The molecule has 0 spiro atoms. The summed E-state index contributed by atoms with van der Waals surface area (Å²) in [4.78, 5) is 14.7. The third-order valence-corrected chi connectivity index (χ3v) is 4.24. The van der Waals surface area contributed by atoms with Gasteiger partial charge in [-0.2, -0.15) is 5.10 Å². The quantitative estimate of drug-likeness (QED) is 0.873. The standard InChI is InChI=1S/C17H19N3O2/c21-17(19-8-10-22-11-9-19)16-12-15(13-6-7-13)18-20(16)14-4-2-1-3-5-14/h1-5,12-13H,6-11H2. The number of benzene rings is 1. The lowest BCUT2D eigenvalue weighted by Crippen LogP contribution is -2.41. The summed E-state index contributed by atoms with van der Waals surface area (Å²) in [5.41, 5.74) is 2.64. The average Bonchev–Trinajstić information content (AvgIpc) is 3.34. The SMILES string of the molecule is O=C(c1cc(C2CC2)nn1-c1ccccc1)N1CCOCC1. The third kappa shape index (κ3) is 2.52. The number of morpholine rings is 1. The fourth-order valence-electron chi connectivity index (χ4n) is 2.82. The van der Waals surface area contributed by atoms with E-state index in [1.165, 1.54) is 12.8 Å². The van der Waals surface area contributed by atoms with Crippen LogP contribution in [0.2, 0.25) is 0 Å². The molecule has 5 nitrogen and oxygen atoms in total. The predicted molar refractivity (Wildman–Crippen MR) is 82.3 cm³/mol. The second kappa shape index (κ2) is 5.57. The molecule has 1 saturated heterocycles. The van der Waals surface area contributed by atoms with E-state index in [1.54, 1.807) is 4.68 Å². The van der Waals surface area contributed by atoms with Crippen molar-refractivity contribution in [1.29, 1.82) is 0 Å². The Balaban J connectivity index is 1.71. The van der Waals surface area contributed by atoms with Crippen molar-refractivity contribution < 1.29 is 9.53 Å². The van der Waals surface area contributed by atoms with Crippen molar-refractivity contribution in [2.45, 2.75) is 18.8 Å². The van der Waals surface area contributed by atoms with Gasteiger partial charge >= 0.3 is 0 Å². The highest BCUT2D eigenvalue weighted by molar-refractivity contribution is 5.93. The smallest absolute Gasteiger partial charge is 0.272 e. The van der Waals surface area contributed by atoms with Crippen LogP contribution < -0.4 is 0 Å². The molecule has 0 bridgehead atoms. The maximum atomic E-state index is 12.9. The Morgan fingerprint density at radius 1 is 1.14 bits per heavy atom. The molecule has 2 fully saturated rings. The average molecular weight is 297 g/mol. The lowest BCUT2D eigenvalue weighted by atomic mass is 10.2. The van der Waals surface area contributed by atoms with Crippen LogP contribution in [0.25, 0.3) is 5.69 Å². The highest BCUT2D eigenvalue weighted by atomic mass is 16.5. The highest BCUT2D eigenvalue weighted by Crippen LogP contribution is 2.39. The number of hydrogen-bond donors (Lipinski definition) is 0. The normalized spacial score (nSPS) is 18.5. The molecule has 1 aromatic carbocycles. The van der Waals surface area contributed by atoms with Crippen LogP contribution >= 0.6 is 0 Å². The van der Waals surface area contributed by atoms with Gasteiger partial charge in [0.15, 0.2) is 0 Å². The van der Waals surface area contributed by atoms with Crippen LogP contribution in [-0.2, 0) is 4.74 Å². The second-order valence-electron chi connectivity index (χ2n) is 5.88. The van der Waals surface area contributed by atoms with Gasteiger partial charge in [0.25, 0.3) is 5.91 Å². The summed E-state index contributed by atoms with van der Waals surface area (Å²) in [5, 5.41) is 4.70. The zero-order valence-corrected chi connectivity index (χ0v) is 12.4. The molecule has 0 atom stereocenters. The first-order valence-electron chi connectivity index (χ1n) is 7.85. The Morgan fingerprint density at radius 2 is 1.86 bits per heavy atom. The monoisotopic (exact) mass is 297 g/mol. The summed E-state index contributed by atoms with van der Waals surface area (Å²) >= 11 is 0. The molecule has 1 amide bonds. The topological polar surface area (TPSA) is 47.4 Å². The lowest BCUT2D eigenvalue weighted by Gasteiger charge is -2.26. The predicted octanol–water partition coefficient (Wildman–Crippen LogP) is 2.22. The summed E-state index contributed by atoms with van der Waals surface area (Å²) in [6, 6.07) is 11.9. The second-order valence-corrected chi connectivity index (χ2v) is 5.88. The molecule has 1 aliphatic heterocycles. The molecule has 1 saturated carbocycles. The summed E-state index contributed by atoms with van der Waals surface area (Å²) in [6.45, 7) is 2.52. The third-order valence-electron chi connectivity index (χ3n) is 4.24. The number of nitrogens with zero attached hydrogens (tertiary/aromatic N) is 3. The zero-order valence-electron chi connectivity index (χ0n) is 12.4. The van der Waals surface area contributed by atoms with Crippen LogP contribution in [-0.4, -0.2) is 46.9 Å². The molecule has 4 rings (SSSR count). The number of carbonyl (C=O) groups excluding carboxylic acids is 1. The molecule has 2 aliphatic rings. The Hall–Kier alpha value is -2.14. The van der Waals surface area contributed by atoms with E-state index in [0.29, 0.717) is 37.9 Å². The molecule has 114 valence electrons. The lowest BCUT2D eigenvalue weighted by molar-refractivity contribution is 0.0297. The first kappa shape index (κ1) is 13.5. The van der Waals surface area contributed by atoms with Gasteiger partial charge in [-0.05, 0) is 31.0 Å². The van der Waals surface area contributed by atoms with Crippen molar-refractivity contribution in [3.05, 3.63) is 47.8 Å². The van der Waals surface area contributed by atoms with Crippen LogP contribution in [0.5, 0.6) is 0 Å². The molecule has 1 aromatic heterocycles. The van der Waals surface area contributed by atoms with E-state index in [4.69, 9.17) is 9.84 Å². The van der Waals surface area contributed by atoms with Crippen LogP contribution in [0.1, 0.15) is 34.9 Å². The van der Waals surface area contributed by atoms with Gasteiger partial charge in [0.1, 0.15) is 5.69 Å². The summed E-state index contributed by atoms with van der Waals surface area (Å²) in [7, 11) is 0. The van der Waals surface area contributed by atoms with Gasteiger partial charge in [0.2, 0.25) is 0 Å². The number of carbonyl (C=O) groups is 1. The van der Waals surface area contributed by atoms with Gasteiger partial charge in [-0.25, -0.2) is 4.68 Å². The summed E-state index contributed by atoms with van der Waals surface area (Å²) in [6.07, 6.45) is 2.36. The molecule has 2 heterocycles. The molecule has 0 unspecified atom stereocenters. The van der Waals surface area contributed by atoms with E-state index >= 15 is 0 Å². The van der Waals surface area contributed by atoms with Crippen molar-refractivity contribution in [2.75, 3.05) is 26.3 Å². The maximum absolute atomic E-state index is 12.9. The Morgan fingerprint density at radius 3 is 2.55 bits per heavy atom. The van der Waals surface area contributed by atoms with E-state index in [-0.39, 0.29) is 5.91 Å². The molecular formula is C17H19N3O2. The van der Waals surface area contributed by atoms with E-state index < -0.39 is 0 Å². The molecule has 1 aliphatic carbocycles. The van der Waals surface area contributed by atoms with E-state index in [9.17, 15) is 4.79 Å². The maximum Gasteiger partial charge on any atom is 0.272 e. The number of ether oxygens (including phenoxy) is 1. The van der Waals surface area contributed by atoms with Crippen molar-refractivity contribution in [1.82, 2.24) is 14.7 Å². The molecule has 2 aromatic rings. The first-order chi connectivity index (χ1) is 10.8. The molecule has 22 heavy (non-hydrogen) atoms. The summed E-state index contributed by atoms with van der Waals surface area (Å²) < 4.78 is 7.13. The number of aromatic nitrogens is 2. The van der Waals surface area contributed by atoms with E-state index in [1.807, 2.05) is 41.3 Å². The number of hydrogen-bond acceptors (Lipinski definition) is 3. The fraction of sp³-hybridized carbons (Fsp3) is 0.412. The van der Waals surface area contributed by atoms with Gasteiger partial charge < -0.3 is 9.64 Å². The van der Waals surface area contributed by atoms with Gasteiger partial charge in [-0.3, -0.25) is 4.79 Å². The fourth-order valence-corrected chi connectivity index (χ4v) is 2.82. The van der Waals surface area contributed by atoms with Gasteiger partial charge in [0, 0.05) is 19.0 Å². The van der Waals surface area contributed by atoms with E-state index in [2.05, 4.69) is 0 Å². The van der Waals surface area contributed by atoms with Crippen molar-refractivity contribution in [3.8, 4) is 5.69 Å². The van der Waals surface area contributed by atoms with Crippen LogP contribution in [0.4, 0.5) is 0 Å². The minimum absolute atomic E-state index is 0.0477. The van der Waals surface area contributed by atoms with Gasteiger partial charge in [-0.15, -0.1) is 0 Å². The van der Waals surface area contributed by atoms with Crippen LogP contribution in [0.3, 0.4) is 0 Å². The van der Waals surface area contributed by atoms with Crippen LogP contribution in [0, 0.1) is 0 Å². The van der Waals surface area contributed by atoms with Crippen molar-refractivity contribution >= 4 is 5.91 Å². The molecule has 0 N–H and O–H groups in total. The van der Waals surface area contributed by atoms with Gasteiger partial charge in [-0.1, -0.05) is 18.2 Å². The first-order valence-corrected chi connectivity index (χ1v) is 7.85. The Labute approximate surface area is 129 Å². The van der Waals surface area contributed by atoms with Crippen LogP contribution in [0.15, 0.2) is 36.4 Å². The Bertz CT molecular complexity index is 670. The van der Waals surface area contributed by atoms with Gasteiger partial charge in [0.05, 0.1) is 24.6 Å². The van der Waals surface area contributed by atoms with E-state index in [0.717, 1.165) is 11.4 Å². The summed E-state index contributed by atoms with van der Waals surface area (Å²) in [5.74, 6) is 0.577. The molecule has 5 heteroatoms. The largest absolute Gasteiger partial charge is 0.378 e. The zero-order chi connectivity index (χ0) is 14.9. The minimum Gasteiger partial charge on any atom is -0.378 e. The number of rotatable bonds is 3. The molecular weight excluding hydrogens is 278 g/mol. The highest BCUT2D eigenvalue weighted by Gasteiger charge is 2.30. The number of para-hydroxylation sites is 1. The molecule has 0 radical (unpaired) electrons. The van der Waals surface area contributed by atoms with Crippen molar-refractivity contribution in [2.24, 2.45) is 0 Å². The Kier molecular flexibility index (Phi) is 3.42. The van der Waals surface area contributed by atoms with Crippen molar-refractivity contribution in [3.63, 3.8) is 0 Å².